The summed E-state index contributed by atoms with van der Waals surface area (Å²) >= 11 is 0. The number of hydrogen-bond acceptors (Lipinski definition) is 4. The van der Waals surface area contributed by atoms with Crippen LogP contribution in [0, 0.1) is 18.3 Å². The molecular formula is C16H16N2O2. The predicted octanol–water partition coefficient (Wildman–Crippen LogP) is 3.63. The Bertz CT molecular complexity index is 660. The van der Waals surface area contributed by atoms with E-state index in [2.05, 4.69) is 11.4 Å². The van der Waals surface area contributed by atoms with Crippen LogP contribution in [0.15, 0.2) is 36.4 Å². The normalized spacial score (nSPS) is 9.70. The SMILES string of the molecule is COc1ccc(Nc2ccc(C)cc2C#N)cc1OC. The first-order chi connectivity index (χ1) is 9.67. The van der Waals surface area contributed by atoms with Gasteiger partial charge in [0.05, 0.1) is 25.5 Å². The maximum atomic E-state index is 9.17. The number of nitrogens with one attached hydrogen (secondary N) is 1. The van der Waals surface area contributed by atoms with Crippen LogP contribution in [0.5, 0.6) is 11.5 Å². The summed E-state index contributed by atoms with van der Waals surface area (Å²) < 4.78 is 10.5. The Balaban J connectivity index is 2.33. The topological polar surface area (TPSA) is 54.3 Å². The second-order valence-electron chi connectivity index (χ2n) is 4.36. The largest absolute Gasteiger partial charge is 0.493 e. The van der Waals surface area contributed by atoms with Crippen molar-refractivity contribution in [3.05, 3.63) is 47.5 Å². The maximum Gasteiger partial charge on any atom is 0.162 e. The van der Waals surface area contributed by atoms with Crippen molar-refractivity contribution < 1.29 is 9.47 Å². The molecule has 0 radical (unpaired) electrons. The fourth-order valence-corrected chi connectivity index (χ4v) is 1.93. The molecule has 0 spiro atoms. The van der Waals surface area contributed by atoms with Gasteiger partial charge in [0.1, 0.15) is 6.07 Å². The van der Waals surface area contributed by atoms with Gasteiger partial charge in [0, 0.05) is 11.8 Å². The zero-order chi connectivity index (χ0) is 14.5. The van der Waals surface area contributed by atoms with Crippen molar-refractivity contribution in [3.8, 4) is 17.6 Å². The number of ether oxygens (including phenoxy) is 2. The smallest absolute Gasteiger partial charge is 0.162 e. The molecule has 102 valence electrons. The minimum Gasteiger partial charge on any atom is -0.493 e. The zero-order valence-electron chi connectivity index (χ0n) is 11.7. The number of nitriles is 1. The van der Waals surface area contributed by atoms with E-state index in [1.54, 1.807) is 14.2 Å². The molecule has 0 aromatic heterocycles. The van der Waals surface area contributed by atoms with Crippen molar-refractivity contribution in [2.45, 2.75) is 6.92 Å². The highest BCUT2D eigenvalue weighted by atomic mass is 16.5. The van der Waals surface area contributed by atoms with E-state index in [1.165, 1.54) is 0 Å². The standard InChI is InChI=1S/C16H16N2O2/c1-11-4-6-14(12(8-11)10-17)18-13-5-7-15(19-2)16(9-13)20-3/h4-9,18H,1-3H3. The molecule has 0 aliphatic rings. The molecule has 20 heavy (non-hydrogen) atoms. The summed E-state index contributed by atoms with van der Waals surface area (Å²) in [6, 6.07) is 13.4. The van der Waals surface area contributed by atoms with E-state index in [-0.39, 0.29) is 0 Å². The molecular weight excluding hydrogens is 252 g/mol. The lowest BCUT2D eigenvalue weighted by Crippen LogP contribution is -1.96. The molecule has 0 heterocycles. The molecule has 0 aliphatic carbocycles. The lowest BCUT2D eigenvalue weighted by Gasteiger charge is -2.12. The number of anilines is 2. The van der Waals surface area contributed by atoms with Crippen LogP contribution in [0.25, 0.3) is 0 Å². The van der Waals surface area contributed by atoms with Crippen molar-refractivity contribution in [3.63, 3.8) is 0 Å². The molecule has 2 rings (SSSR count). The first kappa shape index (κ1) is 13.8. The van der Waals surface area contributed by atoms with Gasteiger partial charge in [0.2, 0.25) is 0 Å². The van der Waals surface area contributed by atoms with Crippen LogP contribution in [0.2, 0.25) is 0 Å². The van der Waals surface area contributed by atoms with Crippen molar-refractivity contribution in [1.82, 2.24) is 0 Å². The molecule has 0 saturated heterocycles. The van der Waals surface area contributed by atoms with Gasteiger partial charge in [-0.2, -0.15) is 5.26 Å². The lowest BCUT2D eigenvalue weighted by molar-refractivity contribution is 0.355. The first-order valence-corrected chi connectivity index (χ1v) is 6.17. The fourth-order valence-electron chi connectivity index (χ4n) is 1.93. The quantitative estimate of drug-likeness (QED) is 0.920. The van der Waals surface area contributed by atoms with Crippen molar-refractivity contribution in [1.29, 1.82) is 5.26 Å². The van der Waals surface area contributed by atoms with Gasteiger partial charge in [0.15, 0.2) is 11.5 Å². The molecule has 0 bridgehead atoms. The summed E-state index contributed by atoms with van der Waals surface area (Å²) in [5, 5.41) is 12.4. The van der Waals surface area contributed by atoms with E-state index in [9.17, 15) is 0 Å². The Morgan fingerprint density at radius 2 is 1.75 bits per heavy atom. The van der Waals surface area contributed by atoms with Gasteiger partial charge in [-0.1, -0.05) is 6.07 Å². The van der Waals surface area contributed by atoms with Gasteiger partial charge in [-0.15, -0.1) is 0 Å². The van der Waals surface area contributed by atoms with Crippen LogP contribution in [0.1, 0.15) is 11.1 Å². The van der Waals surface area contributed by atoms with Gasteiger partial charge >= 0.3 is 0 Å². The minimum absolute atomic E-state index is 0.611. The summed E-state index contributed by atoms with van der Waals surface area (Å²) in [6.45, 7) is 1.96. The molecule has 4 nitrogen and oxygen atoms in total. The monoisotopic (exact) mass is 268 g/mol. The summed E-state index contributed by atoms with van der Waals surface area (Å²) in [5.41, 5.74) is 3.27. The third kappa shape index (κ3) is 2.83. The maximum absolute atomic E-state index is 9.17. The summed E-state index contributed by atoms with van der Waals surface area (Å²) in [4.78, 5) is 0. The summed E-state index contributed by atoms with van der Waals surface area (Å²) in [6.07, 6.45) is 0. The van der Waals surface area contributed by atoms with Crippen molar-refractivity contribution in [2.24, 2.45) is 0 Å². The number of aryl methyl sites for hydroxylation is 1. The highest BCUT2D eigenvalue weighted by molar-refractivity contribution is 5.69. The van der Waals surface area contributed by atoms with Gasteiger partial charge in [-0.25, -0.2) is 0 Å². The third-order valence-corrected chi connectivity index (χ3v) is 2.96. The Labute approximate surface area is 118 Å². The predicted molar refractivity (Wildman–Crippen MR) is 78.7 cm³/mol. The van der Waals surface area contributed by atoms with Crippen LogP contribution < -0.4 is 14.8 Å². The molecule has 0 atom stereocenters. The Kier molecular flexibility index (Phi) is 4.11. The minimum atomic E-state index is 0.611. The summed E-state index contributed by atoms with van der Waals surface area (Å²) in [7, 11) is 3.19. The highest BCUT2D eigenvalue weighted by Gasteiger charge is 2.07. The number of rotatable bonds is 4. The van der Waals surface area contributed by atoms with Crippen LogP contribution >= 0.6 is 0 Å². The number of benzene rings is 2. The fraction of sp³-hybridized carbons (Fsp3) is 0.188. The Morgan fingerprint density at radius 1 is 1.00 bits per heavy atom. The van der Waals surface area contributed by atoms with E-state index >= 15 is 0 Å². The average Bonchev–Trinajstić information content (AvgIpc) is 2.48. The zero-order valence-corrected chi connectivity index (χ0v) is 11.7. The first-order valence-electron chi connectivity index (χ1n) is 6.17. The van der Waals surface area contributed by atoms with Gasteiger partial charge in [0.25, 0.3) is 0 Å². The van der Waals surface area contributed by atoms with E-state index in [1.807, 2.05) is 43.3 Å². The van der Waals surface area contributed by atoms with E-state index in [4.69, 9.17) is 14.7 Å². The molecule has 2 aromatic rings. The van der Waals surface area contributed by atoms with E-state index in [0.29, 0.717) is 17.1 Å². The number of nitrogens with zero attached hydrogens (tertiary/aromatic N) is 1. The second kappa shape index (κ2) is 5.98. The lowest BCUT2D eigenvalue weighted by atomic mass is 10.1. The van der Waals surface area contributed by atoms with Crippen LogP contribution in [0.4, 0.5) is 11.4 Å². The molecule has 0 saturated carbocycles. The molecule has 2 aromatic carbocycles. The molecule has 1 N–H and O–H groups in total. The van der Waals surface area contributed by atoms with E-state index < -0.39 is 0 Å². The van der Waals surface area contributed by atoms with Crippen molar-refractivity contribution in [2.75, 3.05) is 19.5 Å². The molecule has 0 amide bonds. The Hall–Kier alpha value is -2.67. The van der Waals surface area contributed by atoms with Gasteiger partial charge in [-0.3, -0.25) is 0 Å². The molecule has 4 heteroatoms. The number of methoxy groups -OCH3 is 2. The van der Waals surface area contributed by atoms with Crippen molar-refractivity contribution >= 4 is 11.4 Å². The van der Waals surface area contributed by atoms with Crippen LogP contribution in [0.3, 0.4) is 0 Å². The average molecular weight is 268 g/mol. The van der Waals surface area contributed by atoms with Crippen LogP contribution in [-0.4, -0.2) is 14.2 Å². The molecule has 0 unspecified atom stereocenters. The van der Waals surface area contributed by atoms with E-state index in [0.717, 1.165) is 16.9 Å². The second-order valence-corrected chi connectivity index (χ2v) is 4.36. The number of hydrogen-bond donors (Lipinski definition) is 1. The summed E-state index contributed by atoms with van der Waals surface area (Å²) in [5.74, 6) is 1.31. The Morgan fingerprint density at radius 3 is 2.40 bits per heavy atom. The third-order valence-electron chi connectivity index (χ3n) is 2.96. The molecule has 0 fully saturated rings. The van der Waals surface area contributed by atoms with Gasteiger partial charge < -0.3 is 14.8 Å². The highest BCUT2D eigenvalue weighted by Crippen LogP contribution is 2.31. The van der Waals surface area contributed by atoms with Crippen LogP contribution in [-0.2, 0) is 0 Å². The molecule has 0 aliphatic heterocycles. The van der Waals surface area contributed by atoms with Gasteiger partial charge in [-0.05, 0) is 36.8 Å².